The van der Waals surface area contributed by atoms with E-state index in [1.165, 1.54) is 23.5 Å². The van der Waals surface area contributed by atoms with Crippen molar-refractivity contribution < 1.29 is 19.0 Å². The van der Waals surface area contributed by atoms with Crippen molar-refractivity contribution in [3.05, 3.63) is 62.8 Å². The summed E-state index contributed by atoms with van der Waals surface area (Å²) in [6, 6.07) is 5.94. The molecule has 1 aliphatic heterocycles. The summed E-state index contributed by atoms with van der Waals surface area (Å²) in [6.07, 6.45) is 2.64. The second-order valence-corrected chi connectivity index (χ2v) is 8.62. The summed E-state index contributed by atoms with van der Waals surface area (Å²) in [5, 5.41) is 20.0. The Kier molecular flexibility index (Phi) is 6.33. The number of nitrogens with zero attached hydrogens (tertiary/aromatic N) is 4. The van der Waals surface area contributed by atoms with E-state index in [1.54, 1.807) is 34.9 Å². The maximum atomic E-state index is 13.1. The maximum absolute atomic E-state index is 13.1. The molecule has 0 unspecified atom stereocenters. The molecule has 0 fully saturated rings. The molecule has 3 aromatic rings. The molecule has 2 aromatic heterocycles. The van der Waals surface area contributed by atoms with Crippen molar-refractivity contribution in [3.63, 3.8) is 0 Å². The van der Waals surface area contributed by atoms with Crippen molar-refractivity contribution in [1.82, 2.24) is 19.7 Å². The SMILES string of the molecule is CCN1C[C@H](CCOC)n2cc(-c3nnc(Cc4ccc(F)cc4)s3)c(=O)c(O)c2C1=O. The number of carbonyl (C=O) groups is 1. The van der Waals surface area contributed by atoms with Gasteiger partial charge >= 0.3 is 0 Å². The van der Waals surface area contributed by atoms with Crippen molar-refractivity contribution in [2.45, 2.75) is 25.8 Å². The summed E-state index contributed by atoms with van der Waals surface area (Å²) in [6.45, 7) is 3.26. The van der Waals surface area contributed by atoms with Gasteiger partial charge in [-0.3, -0.25) is 9.59 Å². The van der Waals surface area contributed by atoms with Crippen LogP contribution in [0.5, 0.6) is 5.75 Å². The lowest BCUT2D eigenvalue weighted by molar-refractivity contribution is 0.0645. The molecule has 0 aliphatic carbocycles. The van der Waals surface area contributed by atoms with Crippen molar-refractivity contribution in [3.8, 4) is 16.3 Å². The molecule has 4 rings (SSSR count). The number of benzene rings is 1. The maximum Gasteiger partial charge on any atom is 0.274 e. The van der Waals surface area contributed by atoms with Gasteiger partial charge in [0.15, 0.2) is 16.5 Å². The molecule has 168 valence electrons. The Morgan fingerprint density at radius 3 is 2.69 bits per heavy atom. The quantitative estimate of drug-likeness (QED) is 0.585. The predicted molar refractivity (Wildman–Crippen MR) is 118 cm³/mol. The highest BCUT2D eigenvalue weighted by atomic mass is 32.1. The zero-order chi connectivity index (χ0) is 22.8. The fraction of sp³-hybridized carbons (Fsp3) is 0.364. The topological polar surface area (TPSA) is 97.6 Å². The van der Waals surface area contributed by atoms with Crippen molar-refractivity contribution in [1.29, 1.82) is 0 Å². The van der Waals surface area contributed by atoms with Gasteiger partial charge < -0.3 is 19.3 Å². The molecule has 1 N–H and O–H groups in total. The van der Waals surface area contributed by atoms with Gasteiger partial charge in [-0.1, -0.05) is 23.5 Å². The zero-order valence-electron chi connectivity index (χ0n) is 17.7. The van der Waals surface area contributed by atoms with E-state index in [1.807, 2.05) is 6.92 Å². The van der Waals surface area contributed by atoms with Gasteiger partial charge in [0.2, 0.25) is 5.43 Å². The van der Waals surface area contributed by atoms with Crippen molar-refractivity contribution >= 4 is 17.2 Å². The fourth-order valence-corrected chi connectivity index (χ4v) is 4.70. The minimum atomic E-state index is -0.655. The van der Waals surface area contributed by atoms with Crippen LogP contribution in [0.1, 0.15) is 40.4 Å². The van der Waals surface area contributed by atoms with Crippen LogP contribution in [0, 0.1) is 5.82 Å². The number of pyridine rings is 1. The third-order valence-electron chi connectivity index (χ3n) is 5.53. The zero-order valence-corrected chi connectivity index (χ0v) is 18.6. The van der Waals surface area contributed by atoms with Crippen LogP contribution in [0.25, 0.3) is 10.6 Å². The molecule has 3 heterocycles. The Morgan fingerprint density at radius 1 is 1.25 bits per heavy atom. The summed E-state index contributed by atoms with van der Waals surface area (Å²) in [5.41, 5.74) is 0.389. The number of aromatic hydroxyl groups is 1. The van der Waals surface area contributed by atoms with Gasteiger partial charge in [-0.05, 0) is 31.0 Å². The van der Waals surface area contributed by atoms with E-state index in [0.717, 1.165) is 5.56 Å². The van der Waals surface area contributed by atoms with Crippen LogP contribution in [-0.2, 0) is 11.2 Å². The lowest BCUT2D eigenvalue weighted by Crippen LogP contribution is -2.44. The third kappa shape index (κ3) is 4.15. The van der Waals surface area contributed by atoms with E-state index in [4.69, 9.17) is 4.74 Å². The molecule has 32 heavy (non-hydrogen) atoms. The molecule has 0 bridgehead atoms. The van der Waals surface area contributed by atoms with Gasteiger partial charge in [-0.25, -0.2) is 4.39 Å². The van der Waals surface area contributed by atoms with Gasteiger partial charge in [0.05, 0.1) is 11.6 Å². The first-order chi connectivity index (χ1) is 15.4. The van der Waals surface area contributed by atoms with Gasteiger partial charge in [-0.15, -0.1) is 10.2 Å². The lowest BCUT2D eigenvalue weighted by Gasteiger charge is -2.36. The summed E-state index contributed by atoms with van der Waals surface area (Å²) >= 11 is 1.22. The molecular formula is C22H23FN4O4S. The normalized spacial score (nSPS) is 15.8. The smallest absolute Gasteiger partial charge is 0.274 e. The van der Waals surface area contributed by atoms with Crippen LogP contribution in [0.15, 0.2) is 35.3 Å². The number of aromatic nitrogens is 3. The highest BCUT2D eigenvalue weighted by molar-refractivity contribution is 7.14. The molecule has 0 saturated heterocycles. The van der Waals surface area contributed by atoms with Gasteiger partial charge in [0.25, 0.3) is 5.91 Å². The summed E-state index contributed by atoms with van der Waals surface area (Å²) in [4.78, 5) is 27.4. The largest absolute Gasteiger partial charge is 0.503 e. The monoisotopic (exact) mass is 458 g/mol. The first-order valence-electron chi connectivity index (χ1n) is 10.3. The number of ether oxygens (including phenoxy) is 1. The Hall–Kier alpha value is -3.11. The number of rotatable bonds is 7. The van der Waals surface area contributed by atoms with Crippen molar-refractivity contribution in [2.75, 3.05) is 26.8 Å². The van der Waals surface area contributed by atoms with Gasteiger partial charge in [0.1, 0.15) is 10.8 Å². The molecular weight excluding hydrogens is 435 g/mol. The second kappa shape index (κ2) is 9.17. The highest BCUT2D eigenvalue weighted by Gasteiger charge is 2.34. The minimum absolute atomic E-state index is 0.0102. The average Bonchev–Trinajstić information content (AvgIpc) is 3.25. The van der Waals surface area contributed by atoms with Crippen LogP contribution < -0.4 is 5.43 Å². The summed E-state index contributed by atoms with van der Waals surface area (Å²) < 4.78 is 20.0. The number of halogens is 1. The third-order valence-corrected chi connectivity index (χ3v) is 6.48. The standard InChI is InChI=1S/C22H23FN4O4S/c1-3-26-11-15(8-9-31-2)27-12-16(19(28)20(29)18(27)22(26)30)21-25-24-17(32-21)10-13-4-6-14(23)7-5-13/h4-7,12,15,29H,3,8-11H2,1-2H3/t15-/m0/s1. The Bertz CT molecular complexity index is 1190. The Balaban J connectivity index is 1.72. The van der Waals surface area contributed by atoms with Crippen molar-refractivity contribution in [2.24, 2.45) is 0 Å². The first kappa shape index (κ1) is 22.1. The van der Waals surface area contributed by atoms with Crippen LogP contribution in [-0.4, -0.2) is 57.5 Å². The van der Waals surface area contributed by atoms with Crippen LogP contribution in [0.3, 0.4) is 0 Å². The molecule has 1 aliphatic rings. The van der Waals surface area contributed by atoms with Crippen LogP contribution in [0.2, 0.25) is 0 Å². The molecule has 10 heteroatoms. The summed E-state index contributed by atoms with van der Waals surface area (Å²) in [7, 11) is 1.60. The molecule has 1 aromatic carbocycles. The van der Waals surface area contributed by atoms with E-state index in [-0.39, 0.29) is 29.0 Å². The second-order valence-electron chi connectivity index (χ2n) is 7.56. The number of methoxy groups -OCH3 is 1. The number of hydrogen-bond acceptors (Lipinski definition) is 7. The van der Waals surface area contributed by atoms with E-state index >= 15 is 0 Å². The number of likely N-dealkylation sites (N-methyl/N-ethyl adjacent to an activating group) is 1. The van der Waals surface area contributed by atoms with Gasteiger partial charge in [0, 0.05) is 39.4 Å². The predicted octanol–water partition coefficient (Wildman–Crippen LogP) is 2.86. The van der Waals surface area contributed by atoms with E-state index < -0.39 is 11.2 Å². The lowest BCUT2D eigenvalue weighted by atomic mass is 10.1. The molecule has 0 saturated carbocycles. The van der Waals surface area contributed by atoms with Gasteiger partial charge in [-0.2, -0.15) is 0 Å². The Labute approximate surface area is 187 Å². The average molecular weight is 459 g/mol. The van der Waals surface area contributed by atoms with E-state index in [9.17, 15) is 19.1 Å². The minimum Gasteiger partial charge on any atom is -0.503 e. The van der Waals surface area contributed by atoms with Crippen LogP contribution in [0.4, 0.5) is 4.39 Å². The number of hydrogen-bond donors (Lipinski definition) is 1. The number of amides is 1. The van der Waals surface area contributed by atoms with Crippen LogP contribution >= 0.6 is 11.3 Å². The van der Waals surface area contributed by atoms with E-state index in [2.05, 4.69) is 10.2 Å². The highest BCUT2D eigenvalue weighted by Crippen LogP contribution is 2.32. The molecule has 0 spiro atoms. The molecule has 0 radical (unpaired) electrons. The summed E-state index contributed by atoms with van der Waals surface area (Å²) in [5.74, 6) is -1.27. The first-order valence-corrected chi connectivity index (χ1v) is 11.1. The van der Waals surface area contributed by atoms with E-state index in [0.29, 0.717) is 42.6 Å². The Morgan fingerprint density at radius 2 is 2.00 bits per heavy atom. The fourth-order valence-electron chi connectivity index (χ4n) is 3.81. The number of fused-ring (bicyclic) bond motifs is 1. The number of carbonyl (C=O) groups excluding carboxylic acids is 1. The molecule has 8 nitrogen and oxygen atoms in total. The molecule has 1 atom stereocenters. The molecule has 1 amide bonds.